The lowest BCUT2D eigenvalue weighted by atomic mass is 10.3. The first-order valence-electron chi connectivity index (χ1n) is 7.26. The van der Waals surface area contributed by atoms with Gasteiger partial charge >= 0.3 is 0 Å². The summed E-state index contributed by atoms with van der Waals surface area (Å²) in [4.78, 5) is 4.33. The first kappa shape index (κ1) is 15.3. The zero-order valence-corrected chi connectivity index (χ0v) is 12.8. The second kappa shape index (κ2) is 7.64. The molecule has 0 saturated heterocycles. The van der Waals surface area contributed by atoms with E-state index in [1.807, 2.05) is 43.3 Å². The van der Waals surface area contributed by atoms with Crippen molar-refractivity contribution in [1.82, 2.24) is 10.3 Å². The van der Waals surface area contributed by atoms with Crippen LogP contribution in [0.4, 0.5) is 0 Å². The summed E-state index contributed by atoms with van der Waals surface area (Å²) in [7, 11) is 0. The van der Waals surface area contributed by atoms with Gasteiger partial charge in [-0.25, -0.2) is 0 Å². The van der Waals surface area contributed by atoms with E-state index in [0.29, 0.717) is 12.6 Å². The molecular formula is C17H22N2O2. The molecule has 0 aliphatic rings. The third-order valence-corrected chi connectivity index (χ3v) is 2.85. The van der Waals surface area contributed by atoms with Gasteiger partial charge in [0.1, 0.15) is 17.2 Å². The van der Waals surface area contributed by atoms with E-state index in [1.54, 1.807) is 6.20 Å². The van der Waals surface area contributed by atoms with Crippen LogP contribution in [0.3, 0.4) is 0 Å². The van der Waals surface area contributed by atoms with Crippen molar-refractivity contribution in [2.75, 3.05) is 6.61 Å². The highest BCUT2D eigenvalue weighted by atomic mass is 16.5. The van der Waals surface area contributed by atoms with E-state index in [9.17, 15) is 0 Å². The number of nitrogens with one attached hydrogen (secondary N) is 1. The van der Waals surface area contributed by atoms with Crippen LogP contribution in [0.1, 0.15) is 26.5 Å². The van der Waals surface area contributed by atoms with Gasteiger partial charge in [-0.15, -0.1) is 0 Å². The quantitative estimate of drug-likeness (QED) is 0.841. The number of ether oxygens (including phenoxy) is 2. The van der Waals surface area contributed by atoms with Gasteiger partial charge in [-0.1, -0.05) is 13.8 Å². The molecule has 1 aromatic heterocycles. The van der Waals surface area contributed by atoms with Gasteiger partial charge in [0.25, 0.3) is 0 Å². The highest BCUT2D eigenvalue weighted by Gasteiger charge is 2.02. The molecule has 0 spiro atoms. The minimum absolute atomic E-state index is 0.433. The average Bonchev–Trinajstić information content (AvgIpc) is 2.48. The highest BCUT2D eigenvalue weighted by molar-refractivity contribution is 5.35. The molecular weight excluding hydrogens is 264 g/mol. The fourth-order valence-electron chi connectivity index (χ4n) is 1.83. The molecule has 1 aromatic carbocycles. The Bertz CT molecular complexity index is 553. The minimum atomic E-state index is 0.433. The van der Waals surface area contributed by atoms with E-state index in [2.05, 4.69) is 24.1 Å². The van der Waals surface area contributed by atoms with Gasteiger partial charge in [-0.05, 0) is 37.3 Å². The maximum absolute atomic E-state index is 5.84. The second-order valence-electron chi connectivity index (χ2n) is 5.02. The predicted octanol–water partition coefficient (Wildman–Crippen LogP) is 3.77. The topological polar surface area (TPSA) is 43.4 Å². The summed E-state index contributed by atoms with van der Waals surface area (Å²) in [5.74, 6) is 2.42. The number of hydrogen-bond acceptors (Lipinski definition) is 4. The molecule has 0 aliphatic heterocycles. The first-order chi connectivity index (χ1) is 10.2. The van der Waals surface area contributed by atoms with E-state index >= 15 is 0 Å². The summed E-state index contributed by atoms with van der Waals surface area (Å²) >= 11 is 0. The maximum Gasteiger partial charge on any atom is 0.130 e. The molecule has 0 saturated carbocycles. The zero-order valence-electron chi connectivity index (χ0n) is 12.8. The highest BCUT2D eigenvalue weighted by Crippen LogP contribution is 2.24. The van der Waals surface area contributed by atoms with Crippen LogP contribution in [0.25, 0.3) is 0 Å². The standard InChI is InChI=1S/C17H22N2O2/c1-4-20-15-5-7-16(8-6-15)21-17-9-10-18-14(11-17)12-19-13(2)3/h5-11,13,19H,4,12H2,1-3H3. The maximum atomic E-state index is 5.84. The van der Waals surface area contributed by atoms with Gasteiger partial charge in [0.15, 0.2) is 0 Å². The fourth-order valence-corrected chi connectivity index (χ4v) is 1.83. The van der Waals surface area contributed by atoms with E-state index in [0.717, 1.165) is 29.5 Å². The molecule has 112 valence electrons. The Morgan fingerprint density at radius 3 is 2.43 bits per heavy atom. The molecule has 4 nitrogen and oxygen atoms in total. The lowest BCUT2D eigenvalue weighted by molar-refractivity contribution is 0.339. The van der Waals surface area contributed by atoms with E-state index < -0.39 is 0 Å². The summed E-state index contributed by atoms with van der Waals surface area (Å²) in [6, 6.07) is 11.8. The summed E-state index contributed by atoms with van der Waals surface area (Å²) in [5.41, 5.74) is 0.965. The van der Waals surface area contributed by atoms with Gasteiger partial charge in [-0.3, -0.25) is 4.98 Å². The monoisotopic (exact) mass is 286 g/mol. The van der Waals surface area contributed by atoms with Crippen molar-refractivity contribution in [3.05, 3.63) is 48.3 Å². The van der Waals surface area contributed by atoms with E-state index in [4.69, 9.17) is 9.47 Å². The molecule has 1 N–H and O–H groups in total. The van der Waals surface area contributed by atoms with Crippen LogP contribution >= 0.6 is 0 Å². The predicted molar refractivity (Wildman–Crippen MR) is 83.9 cm³/mol. The smallest absolute Gasteiger partial charge is 0.130 e. The van der Waals surface area contributed by atoms with Crippen LogP contribution < -0.4 is 14.8 Å². The third-order valence-electron chi connectivity index (χ3n) is 2.85. The molecule has 0 amide bonds. The zero-order chi connectivity index (χ0) is 15.1. The van der Waals surface area contributed by atoms with Crippen LogP contribution in [0, 0.1) is 0 Å². The largest absolute Gasteiger partial charge is 0.494 e. The van der Waals surface area contributed by atoms with Crippen LogP contribution in [0.2, 0.25) is 0 Å². The molecule has 2 aromatic rings. The SMILES string of the molecule is CCOc1ccc(Oc2ccnc(CNC(C)C)c2)cc1. The third kappa shape index (κ3) is 5.08. The Kier molecular flexibility index (Phi) is 5.58. The van der Waals surface area contributed by atoms with E-state index in [1.165, 1.54) is 0 Å². The van der Waals surface area contributed by atoms with Gasteiger partial charge in [0, 0.05) is 24.8 Å². The Labute approximate surface area is 126 Å². The summed E-state index contributed by atoms with van der Waals surface area (Å²) in [5, 5.41) is 3.34. The first-order valence-corrected chi connectivity index (χ1v) is 7.26. The number of pyridine rings is 1. The molecule has 0 aliphatic carbocycles. The molecule has 0 fully saturated rings. The Morgan fingerprint density at radius 2 is 1.76 bits per heavy atom. The lowest BCUT2D eigenvalue weighted by Crippen LogP contribution is -2.22. The Hall–Kier alpha value is -2.07. The van der Waals surface area contributed by atoms with Crippen molar-refractivity contribution < 1.29 is 9.47 Å². The van der Waals surface area contributed by atoms with Gasteiger partial charge in [0.2, 0.25) is 0 Å². The van der Waals surface area contributed by atoms with Crippen molar-refractivity contribution in [2.24, 2.45) is 0 Å². The molecule has 1 heterocycles. The van der Waals surface area contributed by atoms with Gasteiger partial charge in [-0.2, -0.15) is 0 Å². The number of aromatic nitrogens is 1. The van der Waals surface area contributed by atoms with Crippen molar-refractivity contribution in [3.63, 3.8) is 0 Å². The molecule has 4 heteroatoms. The Morgan fingerprint density at radius 1 is 1.05 bits per heavy atom. The molecule has 0 unspecified atom stereocenters. The van der Waals surface area contributed by atoms with Crippen molar-refractivity contribution in [3.8, 4) is 17.2 Å². The second-order valence-corrected chi connectivity index (χ2v) is 5.02. The van der Waals surface area contributed by atoms with E-state index in [-0.39, 0.29) is 0 Å². The molecule has 2 rings (SSSR count). The van der Waals surface area contributed by atoms with Crippen LogP contribution in [-0.2, 0) is 6.54 Å². The molecule has 0 bridgehead atoms. The minimum Gasteiger partial charge on any atom is -0.494 e. The van der Waals surface area contributed by atoms with Gasteiger partial charge in [0.05, 0.1) is 12.3 Å². The number of hydrogen-bond donors (Lipinski definition) is 1. The van der Waals surface area contributed by atoms with Crippen molar-refractivity contribution >= 4 is 0 Å². The fraction of sp³-hybridized carbons (Fsp3) is 0.353. The van der Waals surface area contributed by atoms with Gasteiger partial charge < -0.3 is 14.8 Å². The van der Waals surface area contributed by atoms with Crippen LogP contribution in [0.5, 0.6) is 17.2 Å². The number of nitrogens with zero attached hydrogens (tertiary/aromatic N) is 1. The summed E-state index contributed by atoms with van der Waals surface area (Å²) in [6.07, 6.45) is 1.77. The lowest BCUT2D eigenvalue weighted by Gasteiger charge is -2.10. The number of benzene rings is 1. The summed E-state index contributed by atoms with van der Waals surface area (Å²) < 4.78 is 11.2. The van der Waals surface area contributed by atoms with Crippen LogP contribution in [-0.4, -0.2) is 17.6 Å². The number of rotatable bonds is 7. The van der Waals surface area contributed by atoms with Crippen LogP contribution in [0.15, 0.2) is 42.6 Å². The Balaban J connectivity index is 2.00. The summed E-state index contributed by atoms with van der Waals surface area (Å²) in [6.45, 7) is 7.59. The molecule has 0 radical (unpaired) electrons. The van der Waals surface area contributed by atoms with Crippen molar-refractivity contribution in [1.29, 1.82) is 0 Å². The van der Waals surface area contributed by atoms with Crippen molar-refractivity contribution in [2.45, 2.75) is 33.4 Å². The molecule has 21 heavy (non-hydrogen) atoms. The average molecular weight is 286 g/mol. The molecule has 0 atom stereocenters. The normalized spacial score (nSPS) is 10.7.